The smallest absolute Gasteiger partial charge is 0.323 e. The van der Waals surface area contributed by atoms with Crippen molar-refractivity contribution in [2.45, 2.75) is 19.4 Å². The molecule has 1 aliphatic heterocycles. The summed E-state index contributed by atoms with van der Waals surface area (Å²) in [5, 5.41) is 8.50. The standard InChI is InChI=1S/C25H25FN4O2/c26-20-8-6-7-18(15-20)17-27-24(31)19-11-12-23(30-13-4-5-14-30)22(16-19)29-25(32)28-21-9-2-1-3-10-21/h1-3,6-12,15-16H,4-5,13-14,17H2,(H,27,31)(H2,28,29,32). The average molecular weight is 432 g/mol. The highest BCUT2D eigenvalue weighted by Gasteiger charge is 2.19. The minimum atomic E-state index is -0.381. The van der Waals surface area contributed by atoms with Crippen LogP contribution in [0, 0.1) is 5.82 Å². The number of anilines is 3. The number of nitrogens with one attached hydrogen (secondary N) is 3. The third-order valence-corrected chi connectivity index (χ3v) is 5.33. The van der Waals surface area contributed by atoms with Gasteiger partial charge in [-0.2, -0.15) is 0 Å². The van der Waals surface area contributed by atoms with Gasteiger partial charge in [-0.3, -0.25) is 4.79 Å². The first kappa shape index (κ1) is 21.4. The fourth-order valence-electron chi connectivity index (χ4n) is 3.75. The Morgan fingerprint density at radius 3 is 2.41 bits per heavy atom. The minimum absolute atomic E-state index is 0.210. The summed E-state index contributed by atoms with van der Waals surface area (Å²) in [5.41, 5.74) is 3.22. The topological polar surface area (TPSA) is 73.5 Å². The molecule has 32 heavy (non-hydrogen) atoms. The molecule has 1 saturated heterocycles. The van der Waals surface area contributed by atoms with Gasteiger partial charge in [0.25, 0.3) is 5.91 Å². The van der Waals surface area contributed by atoms with Crippen LogP contribution in [0.1, 0.15) is 28.8 Å². The molecule has 0 aliphatic carbocycles. The number of carbonyl (C=O) groups is 2. The lowest BCUT2D eigenvalue weighted by atomic mass is 10.1. The van der Waals surface area contributed by atoms with E-state index in [1.807, 2.05) is 24.3 Å². The number of benzene rings is 3. The fourth-order valence-corrected chi connectivity index (χ4v) is 3.75. The number of rotatable bonds is 6. The maximum absolute atomic E-state index is 13.4. The Balaban J connectivity index is 1.50. The number of hydrogen-bond donors (Lipinski definition) is 3. The molecule has 0 aromatic heterocycles. The van der Waals surface area contributed by atoms with Gasteiger partial charge in [0.05, 0.1) is 11.4 Å². The van der Waals surface area contributed by atoms with Crippen LogP contribution in [0.2, 0.25) is 0 Å². The van der Waals surface area contributed by atoms with Gasteiger partial charge >= 0.3 is 6.03 Å². The van der Waals surface area contributed by atoms with Crippen LogP contribution in [-0.2, 0) is 6.54 Å². The van der Waals surface area contributed by atoms with E-state index in [0.29, 0.717) is 22.5 Å². The van der Waals surface area contributed by atoms with E-state index in [0.717, 1.165) is 31.6 Å². The predicted octanol–water partition coefficient (Wildman–Crippen LogP) is 5.00. The van der Waals surface area contributed by atoms with Crippen LogP contribution in [0.25, 0.3) is 0 Å². The Morgan fingerprint density at radius 2 is 1.66 bits per heavy atom. The lowest BCUT2D eigenvalue weighted by Gasteiger charge is -2.22. The summed E-state index contributed by atoms with van der Waals surface area (Å²) in [5.74, 6) is -0.642. The number of para-hydroxylation sites is 1. The molecule has 3 amide bonds. The van der Waals surface area contributed by atoms with Gasteiger partial charge < -0.3 is 20.9 Å². The molecule has 6 nitrogen and oxygen atoms in total. The summed E-state index contributed by atoms with van der Waals surface area (Å²) in [6, 6.07) is 20.2. The van der Waals surface area contributed by atoms with Gasteiger partial charge in [-0.1, -0.05) is 30.3 Å². The van der Waals surface area contributed by atoms with Gasteiger partial charge in [-0.25, -0.2) is 9.18 Å². The fraction of sp³-hybridized carbons (Fsp3) is 0.200. The Labute approximate surface area is 186 Å². The van der Waals surface area contributed by atoms with Crippen molar-refractivity contribution in [1.82, 2.24) is 5.32 Å². The number of hydrogen-bond acceptors (Lipinski definition) is 3. The summed E-state index contributed by atoms with van der Waals surface area (Å²) in [7, 11) is 0. The van der Waals surface area contributed by atoms with Gasteiger partial charge in [-0.15, -0.1) is 0 Å². The lowest BCUT2D eigenvalue weighted by molar-refractivity contribution is 0.0951. The van der Waals surface area contributed by atoms with Gasteiger partial charge in [0.15, 0.2) is 0 Å². The highest BCUT2D eigenvalue weighted by Crippen LogP contribution is 2.30. The zero-order valence-electron chi connectivity index (χ0n) is 17.6. The van der Waals surface area contributed by atoms with Crippen LogP contribution in [0.3, 0.4) is 0 Å². The maximum Gasteiger partial charge on any atom is 0.323 e. The molecule has 3 aromatic carbocycles. The second-order valence-electron chi connectivity index (χ2n) is 7.68. The average Bonchev–Trinajstić information content (AvgIpc) is 3.33. The van der Waals surface area contributed by atoms with Gasteiger partial charge in [0.2, 0.25) is 0 Å². The molecule has 0 atom stereocenters. The summed E-state index contributed by atoms with van der Waals surface area (Å²) < 4.78 is 13.4. The van der Waals surface area contributed by atoms with Gasteiger partial charge in [0, 0.05) is 30.9 Å². The normalized spacial score (nSPS) is 13.0. The monoisotopic (exact) mass is 432 g/mol. The van der Waals surface area contributed by atoms with E-state index in [9.17, 15) is 14.0 Å². The molecule has 0 radical (unpaired) electrons. The molecule has 4 rings (SSSR count). The first-order chi connectivity index (χ1) is 15.6. The molecule has 3 aromatic rings. The van der Waals surface area contributed by atoms with Crippen molar-refractivity contribution in [3.05, 3.63) is 89.7 Å². The molecular formula is C25H25FN4O2. The SMILES string of the molecule is O=C(Nc1ccccc1)Nc1cc(C(=O)NCc2cccc(F)c2)ccc1N1CCCC1. The van der Waals surface area contributed by atoms with Crippen molar-refractivity contribution in [2.24, 2.45) is 0 Å². The number of carbonyl (C=O) groups excluding carboxylic acids is 2. The van der Waals surface area contributed by atoms with Crippen molar-refractivity contribution in [3.63, 3.8) is 0 Å². The summed E-state index contributed by atoms with van der Waals surface area (Å²) >= 11 is 0. The van der Waals surface area contributed by atoms with Crippen molar-refractivity contribution in [3.8, 4) is 0 Å². The van der Waals surface area contributed by atoms with Crippen LogP contribution in [0.5, 0.6) is 0 Å². The molecule has 164 valence electrons. The molecule has 0 bridgehead atoms. The second kappa shape index (κ2) is 9.96. The third kappa shape index (κ3) is 5.43. The van der Waals surface area contributed by atoms with E-state index in [2.05, 4.69) is 20.9 Å². The highest BCUT2D eigenvalue weighted by molar-refractivity contribution is 6.04. The van der Waals surface area contributed by atoms with Crippen molar-refractivity contribution in [1.29, 1.82) is 0 Å². The van der Waals surface area contributed by atoms with Crippen LogP contribution in [0.4, 0.5) is 26.2 Å². The number of nitrogens with zero attached hydrogens (tertiary/aromatic N) is 1. The first-order valence-electron chi connectivity index (χ1n) is 10.6. The van der Waals surface area contributed by atoms with Crippen molar-refractivity contribution < 1.29 is 14.0 Å². The van der Waals surface area contributed by atoms with Crippen LogP contribution >= 0.6 is 0 Å². The summed E-state index contributed by atoms with van der Waals surface area (Å²) in [6.07, 6.45) is 2.18. The molecule has 0 spiro atoms. The predicted molar refractivity (Wildman–Crippen MR) is 125 cm³/mol. The van der Waals surface area contributed by atoms with Crippen LogP contribution in [0.15, 0.2) is 72.8 Å². The van der Waals surface area contributed by atoms with Gasteiger partial charge in [-0.05, 0) is 60.9 Å². The Kier molecular flexibility index (Phi) is 6.65. The van der Waals surface area contributed by atoms with E-state index in [4.69, 9.17) is 0 Å². The lowest BCUT2D eigenvalue weighted by Crippen LogP contribution is -2.26. The van der Waals surface area contributed by atoms with E-state index < -0.39 is 0 Å². The van der Waals surface area contributed by atoms with Gasteiger partial charge in [0.1, 0.15) is 5.82 Å². The number of amides is 3. The minimum Gasteiger partial charge on any atom is -0.370 e. The maximum atomic E-state index is 13.4. The molecular weight excluding hydrogens is 407 g/mol. The molecule has 0 unspecified atom stereocenters. The molecule has 1 aliphatic rings. The van der Waals surface area contributed by atoms with Crippen molar-refractivity contribution in [2.75, 3.05) is 28.6 Å². The first-order valence-corrected chi connectivity index (χ1v) is 10.6. The zero-order chi connectivity index (χ0) is 22.3. The molecule has 7 heteroatoms. The highest BCUT2D eigenvalue weighted by atomic mass is 19.1. The molecule has 0 saturated carbocycles. The Hall–Kier alpha value is -3.87. The van der Waals surface area contributed by atoms with E-state index in [-0.39, 0.29) is 24.3 Å². The zero-order valence-corrected chi connectivity index (χ0v) is 17.6. The summed E-state index contributed by atoms with van der Waals surface area (Å²) in [6.45, 7) is 2.02. The van der Waals surface area contributed by atoms with Crippen molar-refractivity contribution >= 4 is 29.0 Å². The largest absolute Gasteiger partial charge is 0.370 e. The number of halogens is 1. The molecule has 1 fully saturated rings. The molecule has 1 heterocycles. The van der Waals surface area contributed by atoms with E-state index >= 15 is 0 Å². The van der Waals surface area contributed by atoms with Crippen LogP contribution in [-0.4, -0.2) is 25.0 Å². The Bertz CT molecular complexity index is 1100. The van der Waals surface area contributed by atoms with Crippen LogP contribution < -0.4 is 20.9 Å². The number of urea groups is 1. The quantitative estimate of drug-likeness (QED) is 0.513. The molecule has 3 N–H and O–H groups in total. The second-order valence-corrected chi connectivity index (χ2v) is 7.68. The Morgan fingerprint density at radius 1 is 0.875 bits per heavy atom. The van der Waals surface area contributed by atoms with E-state index in [1.54, 1.807) is 36.4 Å². The third-order valence-electron chi connectivity index (χ3n) is 5.33. The summed E-state index contributed by atoms with van der Waals surface area (Å²) in [4.78, 5) is 27.5. The van der Waals surface area contributed by atoms with E-state index in [1.165, 1.54) is 12.1 Å².